The summed E-state index contributed by atoms with van der Waals surface area (Å²) in [6, 6.07) is 6.26. The van der Waals surface area contributed by atoms with Crippen molar-refractivity contribution in [1.82, 2.24) is 4.90 Å². The average Bonchev–Trinajstić information content (AvgIpc) is 2.89. The molecule has 3 rings (SSSR count). The standard InChI is InChI=1S/C15H22N2O2/c16-6-3-12-4-7-17(8-5-12)10-13-1-2-14-15(9-13)19-11-18-14/h1-2,9,12H,3-8,10-11,16H2. The van der Waals surface area contributed by atoms with Crippen LogP contribution in [0.5, 0.6) is 11.5 Å². The Kier molecular flexibility index (Phi) is 3.89. The molecule has 0 aliphatic carbocycles. The summed E-state index contributed by atoms with van der Waals surface area (Å²) in [6.07, 6.45) is 3.74. The lowest BCUT2D eigenvalue weighted by atomic mass is 9.93. The average molecular weight is 262 g/mol. The van der Waals surface area contributed by atoms with Crippen LogP contribution in [0.2, 0.25) is 0 Å². The zero-order valence-corrected chi connectivity index (χ0v) is 11.3. The van der Waals surface area contributed by atoms with Gasteiger partial charge >= 0.3 is 0 Å². The van der Waals surface area contributed by atoms with Gasteiger partial charge in [-0.2, -0.15) is 0 Å². The highest BCUT2D eigenvalue weighted by Gasteiger charge is 2.19. The van der Waals surface area contributed by atoms with Crippen LogP contribution in [-0.2, 0) is 6.54 Å². The lowest BCUT2D eigenvalue weighted by Gasteiger charge is -2.31. The molecule has 0 spiro atoms. The van der Waals surface area contributed by atoms with Gasteiger partial charge in [-0.25, -0.2) is 0 Å². The van der Waals surface area contributed by atoms with E-state index in [1.54, 1.807) is 0 Å². The first-order chi connectivity index (χ1) is 9.35. The number of nitrogens with two attached hydrogens (primary N) is 1. The highest BCUT2D eigenvalue weighted by Crippen LogP contribution is 2.33. The molecule has 1 aromatic rings. The summed E-state index contributed by atoms with van der Waals surface area (Å²) in [5.41, 5.74) is 6.94. The number of rotatable bonds is 4. The minimum Gasteiger partial charge on any atom is -0.454 e. The molecule has 0 unspecified atom stereocenters. The Morgan fingerprint density at radius 2 is 1.95 bits per heavy atom. The Morgan fingerprint density at radius 3 is 2.74 bits per heavy atom. The maximum absolute atomic E-state index is 5.63. The number of fused-ring (bicyclic) bond motifs is 1. The van der Waals surface area contributed by atoms with E-state index in [9.17, 15) is 0 Å². The number of nitrogens with zero attached hydrogens (tertiary/aromatic N) is 1. The molecule has 19 heavy (non-hydrogen) atoms. The molecule has 0 bridgehead atoms. The summed E-state index contributed by atoms with van der Waals surface area (Å²) in [7, 11) is 0. The van der Waals surface area contributed by atoms with Crippen molar-refractivity contribution in [1.29, 1.82) is 0 Å². The molecule has 2 N–H and O–H groups in total. The molecule has 4 heteroatoms. The van der Waals surface area contributed by atoms with Gasteiger partial charge in [0.15, 0.2) is 11.5 Å². The third-order valence-electron chi connectivity index (χ3n) is 4.13. The smallest absolute Gasteiger partial charge is 0.231 e. The maximum atomic E-state index is 5.63. The summed E-state index contributed by atoms with van der Waals surface area (Å²) in [6.45, 7) is 4.54. The number of ether oxygens (including phenoxy) is 2. The Balaban J connectivity index is 1.55. The highest BCUT2D eigenvalue weighted by atomic mass is 16.7. The van der Waals surface area contributed by atoms with Gasteiger partial charge in [0.05, 0.1) is 0 Å². The van der Waals surface area contributed by atoms with Crippen LogP contribution in [0.4, 0.5) is 0 Å². The molecule has 0 amide bonds. The number of benzene rings is 1. The van der Waals surface area contributed by atoms with E-state index in [2.05, 4.69) is 17.0 Å². The Labute approximate surface area is 114 Å². The molecule has 0 saturated carbocycles. The van der Waals surface area contributed by atoms with Crippen molar-refractivity contribution in [2.75, 3.05) is 26.4 Å². The van der Waals surface area contributed by atoms with Crippen LogP contribution in [0.3, 0.4) is 0 Å². The molecule has 2 aliphatic heterocycles. The normalized spacial score (nSPS) is 19.8. The summed E-state index contributed by atoms with van der Waals surface area (Å²) < 4.78 is 10.8. The molecular formula is C15H22N2O2. The Morgan fingerprint density at radius 1 is 1.16 bits per heavy atom. The van der Waals surface area contributed by atoms with E-state index >= 15 is 0 Å². The first-order valence-electron chi connectivity index (χ1n) is 7.16. The Hall–Kier alpha value is -1.26. The van der Waals surface area contributed by atoms with Crippen molar-refractivity contribution in [3.63, 3.8) is 0 Å². The fraction of sp³-hybridized carbons (Fsp3) is 0.600. The van der Waals surface area contributed by atoms with Crippen molar-refractivity contribution in [3.8, 4) is 11.5 Å². The molecule has 1 aromatic carbocycles. The lowest BCUT2D eigenvalue weighted by Crippen LogP contribution is -2.33. The molecular weight excluding hydrogens is 240 g/mol. The number of likely N-dealkylation sites (tertiary alicyclic amines) is 1. The van der Waals surface area contributed by atoms with Crippen molar-refractivity contribution in [2.24, 2.45) is 11.7 Å². The summed E-state index contributed by atoms with van der Waals surface area (Å²) in [5, 5.41) is 0. The van der Waals surface area contributed by atoms with E-state index in [-0.39, 0.29) is 0 Å². The van der Waals surface area contributed by atoms with Gasteiger partial charge in [-0.05, 0) is 62.5 Å². The fourth-order valence-corrected chi connectivity index (χ4v) is 2.97. The van der Waals surface area contributed by atoms with Crippen LogP contribution in [-0.4, -0.2) is 31.3 Å². The van der Waals surface area contributed by atoms with Gasteiger partial charge in [0.1, 0.15) is 0 Å². The molecule has 104 valence electrons. The zero-order chi connectivity index (χ0) is 13.1. The van der Waals surface area contributed by atoms with Gasteiger partial charge < -0.3 is 15.2 Å². The van der Waals surface area contributed by atoms with Crippen LogP contribution in [0.1, 0.15) is 24.8 Å². The highest BCUT2D eigenvalue weighted by molar-refractivity contribution is 5.44. The fourth-order valence-electron chi connectivity index (χ4n) is 2.97. The number of piperidine rings is 1. The first-order valence-corrected chi connectivity index (χ1v) is 7.16. The van der Waals surface area contributed by atoms with Crippen molar-refractivity contribution >= 4 is 0 Å². The van der Waals surface area contributed by atoms with Crippen LogP contribution in [0.25, 0.3) is 0 Å². The van der Waals surface area contributed by atoms with E-state index < -0.39 is 0 Å². The van der Waals surface area contributed by atoms with Gasteiger partial charge in [-0.1, -0.05) is 6.07 Å². The number of hydrogen-bond donors (Lipinski definition) is 1. The minimum absolute atomic E-state index is 0.350. The predicted octanol–water partition coefficient (Wildman–Crippen LogP) is 1.98. The second kappa shape index (κ2) is 5.80. The van der Waals surface area contributed by atoms with E-state index in [0.717, 1.165) is 30.5 Å². The molecule has 2 heterocycles. The number of hydrogen-bond acceptors (Lipinski definition) is 4. The second-order valence-electron chi connectivity index (χ2n) is 5.48. The molecule has 1 fully saturated rings. The van der Waals surface area contributed by atoms with Crippen LogP contribution >= 0.6 is 0 Å². The molecule has 0 radical (unpaired) electrons. The monoisotopic (exact) mass is 262 g/mol. The van der Waals surface area contributed by atoms with Crippen molar-refractivity contribution in [2.45, 2.75) is 25.8 Å². The minimum atomic E-state index is 0.350. The van der Waals surface area contributed by atoms with Crippen LogP contribution in [0.15, 0.2) is 18.2 Å². The van der Waals surface area contributed by atoms with Crippen molar-refractivity contribution < 1.29 is 9.47 Å². The summed E-state index contributed by atoms with van der Waals surface area (Å²) >= 11 is 0. The predicted molar refractivity (Wildman–Crippen MR) is 74.2 cm³/mol. The third kappa shape index (κ3) is 3.01. The van der Waals surface area contributed by atoms with E-state index in [0.29, 0.717) is 6.79 Å². The molecule has 2 aliphatic rings. The van der Waals surface area contributed by atoms with E-state index in [1.807, 2.05) is 6.07 Å². The first kappa shape index (κ1) is 12.8. The molecule has 1 saturated heterocycles. The molecule has 4 nitrogen and oxygen atoms in total. The van der Waals surface area contributed by atoms with Gasteiger partial charge in [0, 0.05) is 6.54 Å². The quantitative estimate of drug-likeness (QED) is 0.901. The Bertz CT molecular complexity index is 428. The largest absolute Gasteiger partial charge is 0.454 e. The SMILES string of the molecule is NCCC1CCN(Cc2ccc3c(c2)OCO3)CC1. The second-order valence-corrected chi connectivity index (χ2v) is 5.48. The van der Waals surface area contributed by atoms with Gasteiger partial charge in [-0.3, -0.25) is 4.90 Å². The van der Waals surface area contributed by atoms with Gasteiger partial charge in [0.25, 0.3) is 0 Å². The summed E-state index contributed by atoms with van der Waals surface area (Å²) in [5.74, 6) is 2.58. The lowest BCUT2D eigenvalue weighted by molar-refractivity contribution is 0.171. The van der Waals surface area contributed by atoms with Crippen LogP contribution < -0.4 is 15.2 Å². The zero-order valence-electron chi connectivity index (χ0n) is 11.3. The van der Waals surface area contributed by atoms with Gasteiger partial charge in [-0.15, -0.1) is 0 Å². The molecule has 0 aromatic heterocycles. The third-order valence-corrected chi connectivity index (χ3v) is 4.13. The topological polar surface area (TPSA) is 47.7 Å². The summed E-state index contributed by atoms with van der Waals surface area (Å²) in [4.78, 5) is 2.52. The van der Waals surface area contributed by atoms with E-state index in [4.69, 9.17) is 15.2 Å². The van der Waals surface area contributed by atoms with Crippen molar-refractivity contribution in [3.05, 3.63) is 23.8 Å². The molecule has 0 atom stereocenters. The van der Waals surface area contributed by atoms with Gasteiger partial charge in [0.2, 0.25) is 6.79 Å². The maximum Gasteiger partial charge on any atom is 0.231 e. The van der Waals surface area contributed by atoms with Crippen LogP contribution in [0, 0.1) is 5.92 Å². The van der Waals surface area contributed by atoms with E-state index in [1.165, 1.54) is 37.9 Å².